The Kier molecular flexibility index (Phi) is 5.47. The van der Waals surface area contributed by atoms with Crippen molar-refractivity contribution in [3.63, 3.8) is 0 Å². The van der Waals surface area contributed by atoms with Gasteiger partial charge in [0.05, 0.1) is 5.54 Å². The minimum Gasteiger partial charge on any atom is -0.312 e. The molecule has 0 bridgehead atoms. The second-order valence-corrected chi connectivity index (χ2v) is 6.25. The van der Waals surface area contributed by atoms with Crippen LogP contribution in [-0.4, -0.2) is 24.3 Å². The Hall–Kier alpha value is -1.91. The first-order valence-electron chi connectivity index (χ1n) is 7.22. The first-order chi connectivity index (χ1) is 9.67. The molecular weight excluding hydrogens is 264 g/mol. The summed E-state index contributed by atoms with van der Waals surface area (Å²) in [6.07, 6.45) is 0.893. The summed E-state index contributed by atoms with van der Waals surface area (Å²) >= 11 is 0. The smallest absolute Gasteiger partial charge is 0.312 e. The van der Waals surface area contributed by atoms with Crippen molar-refractivity contribution < 1.29 is 4.79 Å². The van der Waals surface area contributed by atoms with Gasteiger partial charge in [-0.3, -0.25) is 4.90 Å². The number of nitrogens with one attached hydrogen (secondary N) is 1. The summed E-state index contributed by atoms with van der Waals surface area (Å²) in [5.41, 5.74) is -0.128. The Morgan fingerprint density at radius 3 is 2.24 bits per heavy atom. The Balaban J connectivity index is 2.73. The van der Waals surface area contributed by atoms with Crippen LogP contribution >= 0.6 is 0 Å². The minimum atomic E-state index is -0.743. The van der Waals surface area contributed by atoms with Crippen LogP contribution in [0.3, 0.4) is 0 Å². The van der Waals surface area contributed by atoms with E-state index in [4.69, 9.17) is 0 Å². The van der Waals surface area contributed by atoms with Gasteiger partial charge < -0.3 is 5.32 Å². The lowest BCUT2D eigenvalue weighted by atomic mass is 10.0. The molecular formula is C16H26N4O. The second kappa shape index (κ2) is 6.70. The van der Waals surface area contributed by atoms with E-state index >= 15 is 0 Å². The summed E-state index contributed by atoms with van der Waals surface area (Å²) in [5, 5.41) is 11.5. The number of amides is 2. The molecule has 0 atom stereocenters. The molecule has 0 radical (unpaired) electrons. The molecule has 21 heavy (non-hydrogen) atoms. The highest BCUT2D eigenvalue weighted by atomic mass is 16.2. The van der Waals surface area contributed by atoms with Gasteiger partial charge in [-0.2, -0.15) is 10.2 Å². The lowest BCUT2D eigenvalue weighted by Crippen LogP contribution is -2.48. The van der Waals surface area contributed by atoms with E-state index in [1.807, 2.05) is 58.0 Å². The zero-order valence-electron chi connectivity index (χ0n) is 13.8. The molecule has 0 aliphatic heterocycles. The fourth-order valence-electron chi connectivity index (χ4n) is 1.47. The van der Waals surface area contributed by atoms with Gasteiger partial charge in [0, 0.05) is 12.7 Å². The zero-order chi connectivity index (χ0) is 16.1. The monoisotopic (exact) mass is 290 g/mol. The highest BCUT2D eigenvalue weighted by molar-refractivity contribution is 5.91. The lowest BCUT2D eigenvalue weighted by molar-refractivity contribution is 0.235. The number of benzene rings is 1. The third-order valence-corrected chi connectivity index (χ3v) is 3.30. The van der Waals surface area contributed by atoms with Crippen LogP contribution in [0.15, 0.2) is 40.6 Å². The largest absolute Gasteiger partial charge is 0.323 e. The Bertz CT molecular complexity index is 494. The van der Waals surface area contributed by atoms with Crippen molar-refractivity contribution in [2.24, 2.45) is 10.2 Å². The van der Waals surface area contributed by atoms with E-state index in [1.54, 1.807) is 11.9 Å². The number of hydrogen-bond acceptors (Lipinski definition) is 3. The maximum Gasteiger partial charge on any atom is 0.323 e. The Morgan fingerprint density at radius 1 is 1.14 bits per heavy atom. The maximum atomic E-state index is 12.3. The van der Waals surface area contributed by atoms with Gasteiger partial charge in [-0.15, -0.1) is 0 Å². The summed E-state index contributed by atoms with van der Waals surface area (Å²) in [5.74, 6) is 0. The quantitative estimate of drug-likeness (QED) is 0.811. The van der Waals surface area contributed by atoms with E-state index in [0.29, 0.717) is 0 Å². The van der Waals surface area contributed by atoms with Crippen molar-refractivity contribution in [2.75, 3.05) is 11.9 Å². The number of carbonyl (C=O) groups is 1. The first kappa shape index (κ1) is 17.1. The van der Waals surface area contributed by atoms with Gasteiger partial charge in [0.15, 0.2) is 0 Å². The van der Waals surface area contributed by atoms with Crippen molar-refractivity contribution in [3.8, 4) is 0 Å². The highest BCUT2D eigenvalue weighted by Gasteiger charge is 2.24. The van der Waals surface area contributed by atoms with Crippen molar-refractivity contribution in [3.05, 3.63) is 30.3 Å². The van der Waals surface area contributed by atoms with Crippen LogP contribution in [0, 0.1) is 0 Å². The van der Waals surface area contributed by atoms with Gasteiger partial charge in [-0.1, -0.05) is 25.1 Å². The highest BCUT2D eigenvalue weighted by Crippen LogP contribution is 2.18. The lowest BCUT2D eigenvalue weighted by Gasteiger charge is -2.26. The number of urea groups is 1. The molecule has 1 aromatic carbocycles. The summed E-state index contributed by atoms with van der Waals surface area (Å²) < 4.78 is 0. The van der Waals surface area contributed by atoms with Gasteiger partial charge in [0.2, 0.25) is 0 Å². The maximum absolute atomic E-state index is 12.3. The van der Waals surface area contributed by atoms with Crippen LogP contribution in [-0.2, 0) is 0 Å². The van der Waals surface area contributed by atoms with E-state index in [-0.39, 0.29) is 11.6 Å². The predicted octanol–water partition coefficient (Wildman–Crippen LogP) is 4.21. The summed E-state index contributed by atoms with van der Waals surface area (Å²) in [6.45, 7) is 9.76. The van der Waals surface area contributed by atoms with Crippen LogP contribution in [0.5, 0.6) is 0 Å². The van der Waals surface area contributed by atoms with Crippen LogP contribution in [0.2, 0.25) is 0 Å². The van der Waals surface area contributed by atoms with E-state index < -0.39 is 5.66 Å². The number of carbonyl (C=O) groups excluding carboxylic acids is 1. The molecule has 5 nitrogen and oxygen atoms in total. The number of anilines is 1. The molecule has 0 heterocycles. The SMILES string of the molecule is CCC(C)(C)/N=N/C(C)(C)NC(=O)N(C)c1ccccc1. The van der Waals surface area contributed by atoms with Gasteiger partial charge in [-0.05, 0) is 46.2 Å². The topological polar surface area (TPSA) is 57.1 Å². The summed E-state index contributed by atoms with van der Waals surface area (Å²) in [7, 11) is 1.73. The third-order valence-electron chi connectivity index (χ3n) is 3.30. The average molecular weight is 290 g/mol. The number of para-hydroxylation sites is 1. The molecule has 1 rings (SSSR count). The molecule has 0 aliphatic rings. The van der Waals surface area contributed by atoms with Gasteiger partial charge in [-0.25, -0.2) is 4.79 Å². The van der Waals surface area contributed by atoms with Crippen molar-refractivity contribution in [1.82, 2.24) is 5.32 Å². The summed E-state index contributed by atoms with van der Waals surface area (Å²) in [6, 6.07) is 9.27. The Labute approximate surface area is 127 Å². The zero-order valence-corrected chi connectivity index (χ0v) is 13.8. The van der Waals surface area contributed by atoms with Gasteiger partial charge >= 0.3 is 6.03 Å². The molecule has 1 N–H and O–H groups in total. The summed E-state index contributed by atoms with van der Waals surface area (Å²) in [4.78, 5) is 13.8. The fourth-order valence-corrected chi connectivity index (χ4v) is 1.47. The number of rotatable bonds is 5. The molecule has 0 unspecified atom stereocenters. The molecule has 0 fully saturated rings. The molecule has 0 saturated carbocycles. The normalized spacial score (nSPS) is 12.5. The van der Waals surface area contributed by atoms with Crippen LogP contribution < -0.4 is 10.2 Å². The van der Waals surface area contributed by atoms with E-state index in [1.165, 1.54) is 0 Å². The van der Waals surface area contributed by atoms with Crippen LogP contribution in [0.1, 0.15) is 41.0 Å². The first-order valence-corrected chi connectivity index (χ1v) is 7.22. The van der Waals surface area contributed by atoms with E-state index in [9.17, 15) is 4.79 Å². The fraction of sp³-hybridized carbons (Fsp3) is 0.562. The molecule has 0 spiro atoms. The standard InChI is InChI=1S/C16H26N4O/c1-7-15(2,3)18-19-16(4,5)17-14(21)20(6)13-11-9-8-10-12-13/h8-12H,7H2,1-6H3,(H,17,21)/b19-18+. The van der Waals surface area contributed by atoms with Gasteiger partial charge in [0.25, 0.3) is 0 Å². The number of azo groups is 1. The van der Waals surface area contributed by atoms with Gasteiger partial charge in [0.1, 0.15) is 5.66 Å². The molecule has 0 saturated heterocycles. The minimum absolute atomic E-state index is 0.209. The van der Waals surface area contributed by atoms with Crippen LogP contribution in [0.25, 0.3) is 0 Å². The molecule has 0 aromatic heterocycles. The molecule has 2 amide bonds. The third kappa shape index (κ3) is 5.53. The Morgan fingerprint density at radius 2 is 1.71 bits per heavy atom. The number of nitrogens with zero attached hydrogens (tertiary/aromatic N) is 3. The van der Waals surface area contributed by atoms with E-state index in [0.717, 1.165) is 12.1 Å². The van der Waals surface area contributed by atoms with Crippen molar-refractivity contribution >= 4 is 11.7 Å². The molecule has 5 heteroatoms. The molecule has 0 aliphatic carbocycles. The predicted molar refractivity (Wildman–Crippen MR) is 86.7 cm³/mol. The van der Waals surface area contributed by atoms with Crippen molar-refractivity contribution in [2.45, 2.75) is 52.2 Å². The number of hydrogen-bond donors (Lipinski definition) is 1. The average Bonchev–Trinajstić information content (AvgIpc) is 2.45. The van der Waals surface area contributed by atoms with E-state index in [2.05, 4.69) is 22.5 Å². The van der Waals surface area contributed by atoms with Crippen molar-refractivity contribution in [1.29, 1.82) is 0 Å². The van der Waals surface area contributed by atoms with Crippen LogP contribution in [0.4, 0.5) is 10.5 Å². The molecule has 116 valence electrons. The second-order valence-electron chi connectivity index (χ2n) is 6.25. The molecule has 1 aromatic rings.